The zero-order valence-corrected chi connectivity index (χ0v) is 13.1. The van der Waals surface area contributed by atoms with Crippen molar-refractivity contribution in [1.29, 1.82) is 0 Å². The van der Waals surface area contributed by atoms with Gasteiger partial charge in [-0.1, -0.05) is 29.3 Å². The number of hydrogen-bond acceptors (Lipinski definition) is 4. The van der Waals surface area contributed by atoms with E-state index in [-0.39, 0.29) is 28.2 Å². The molecule has 0 unspecified atom stereocenters. The van der Waals surface area contributed by atoms with Gasteiger partial charge in [-0.3, -0.25) is 4.79 Å². The molecule has 0 aromatic heterocycles. The smallest absolute Gasteiger partial charge is 0.313 e. The molecule has 0 aliphatic rings. The number of phenols is 1. The Kier molecular flexibility index (Phi) is 6.42. The second-order valence-corrected chi connectivity index (χ2v) is 5.28. The molecule has 0 fully saturated rings. The van der Waals surface area contributed by atoms with Crippen molar-refractivity contribution in [3.05, 3.63) is 27.7 Å². The maximum Gasteiger partial charge on any atom is 0.313 e. The van der Waals surface area contributed by atoms with E-state index in [1.165, 1.54) is 13.2 Å². The normalized spacial score (nSPS) is 12.5. The predicted octanol–water partition coefficient (Wildman–Crippen LogP) is 3.32. The first-order valence-electron chi connectivity index (χ1n) is 5.24. The van der Waals surface area contributed by atoms with Crippen LogP contribution in [0.1, 0.15) is 25.5 Å². The molecule has 3 N–H and O–H groups in total. The summed E-state index contributed by atoms with van der Waals surface area (Å²) in [6, 6.07) is 2.30. The second-order valence-electron chi connectivity index (χ2n) is 4.49. The number of nitrogens with two attached hydrogens (primary N) is 1. The fourth-order valence-corrected chi connectivity index (χ4v) is 1.91. The van der Waals surface area contributed by atoms with Crippen molar-refractivity contribution in [3.8, 4) is 5.75 Å². The first kappa shape index (κ1) is 18.3. The Balaban J connectivity index is 0.00000324. The number of aromatic hydroxyl groups is 1. The fourth-order valence-electron chi connectivity index (χ4n) is 1.58. The van der Waals surface area contributed by atoms with Gasteiger partial charge in [-0.2, -0.15) is 0 Å². The minimum absolute atomic E-state index is 0. The lowest BCUT2D eigenvalue weighted by atomic mass is 9.80. The molecule has 1 atom stereocenters. The molecule has 108 valence electrons. The number of hydrogen-bond donors (Lipinski definition) is 2. The van der Waals surface area contributed by atoms with Crippen LogP contribution in [0.15, 0.2) is 12.1 Å². The average Bonchev–Trinajstić information content (AvgIpc) is 2.34. The first-order chi connectivity index (χ1) is 8.23. The number of rotatable bonds is 3. The molecule has 0 radical (unpaired) electrons. The van der Waals surface area contributed by atoms with E-state index in [2.05, 4.69) is 0 Å². The summed E-state index contributed by atoms with van der Waals surface area (Å²) in [5.41, 5.74) is 5.36. The van der Waals surface area contributed by atoms with Crippen molar-refractivity contribution in [2.45, 2.75) is 19.9 Å². The van der Waals surface area contributed by atoms with Crippen LogP contribution >= 0.6 is 35.6 Å². The summed E-state index contributed by atoms with van der Waals surface area (Å²) in [6.45, 7) is 3.26. The highest BCUT2D eigenvalue weighted by Crippen LogP contribution is 2.41. The summed E-state index contributed by atoms with van der Waals surface area (Å²) >= 11 is 11.6. The molecular formula is C12H16Cl3NO3. The number of carbonyl (C=O) groups is 1. The number of esters is 1. The van der Waals surface area contributed by atoms with Crippen molar-refractivity contribution < 1.29 is 14.6 Å². The Morgan fingerprint density at radius 2 is 1.95 bits per heavy atom. The van der Waals surface area contributed by atoms with Gasteiger partial charge >= 0.3 is 5.97 Å². The van der Waals surface area contributed by atoms with Gasteiger partial charge in [0, 0.05) is 11.6 Å². The lowest BCUT2D eigenvalue weighted by Crippen LogP contribution is -2.37. The number of ether oxygens (including phenoxy) is 1. The Morgan fingerprint density at radius 1 is 1.42 bits per heavy atom. The fraction of sp³-hybridized carbons (Fsp3) is 0.417. The van der Waals surface area contributed by atoms with E-state index in [0.29, 0.717) is 5.56 Å². The lowest BCUT2D eigenvalue weighted by Gasteiger charge is -2.29. The Hall–Kier alpha value is -0.680. The molecule has 0 bridgehead atoms. The Bertz CT molecular complexity index is 478. The van der Waals surface area contributed by atoms with Gasteiger partial charge in [0.25, 0.3) is 0 Å². The largest absolute Gasteiger partial charge is 0.506 e. The average molecular weight is 329 g/mol. The van der Waals surface area contributed by atoms with Gasteiger partial charge < -0.3 is 15.6 Å². The quantitative estimate of drug-likeness (QED) is 0.835. The monoisotopic (exact) mass is 327 g/mol. The van der Waals surface area contributed by atoms with E-state index in [0.717, 1.165) is 0 Å². The third-order valence-corrected chi connectivity index (χ3v) is 3.72. The van der Waals surface area contributed by atoms with Gasteiger partial charge in [0.05, 0.1) is 17.5 Å². The Morgan fingerprint density at radius 3 is 2.42 bits per heavy atom. The van der Waals surface area contributed by atoms with Gasteiger partial charge in [-0.05, 0) is 19.9 Å². The third-order valence-electron chi connectivity index (χ3n) is 2.92. The zero-order valence-electron chi connectivity index (χ0n) is 10.7. The van der Waals surface area contributed by atoms with Crippen molar-refractivity contribution in [2.24, 2.45) is 11.1 Å². The molecule has 1 aromatic rings. The highest BCUT2D eigenvalue weighted by Gasteiger charge is 2.38. The van der Waals surface area contributed by atoms with Crippen LogP contribution in [-0.4, -0.2) is 18.2 Å². The summed E-state index contributed by atoms with van der Waals surface area (Å²) < 4.78 is 4.69. The van der Waals surface area contributed by atoms with Gasteiger partial charge in [-0.15, -0.1) is 12.4 Å². The van der Waals surface area contributed by atoms with Crippen LogP contribution in [0.5, 0.6) is 5.75 Å². The molecule has 0 aliphatic heterocycles. The maximum absolute atomic E-state index is 11.7. The first-order valence-corrected chi connectivity index (χ1v) is 6.00. The highest BCUT2D eigenvalue weighted by molar-refractivity contribution is 6.43. The summed E-state index contributed by atoms with van der Waals surface area (Å²) in [6.07, 6.45) is 0. The number of benzene rings is 1. The van der Waals surface area contributed by atoms with E-state index in [4.69, 9.17) is 33.7 Å². The number of carbonyl (C=O) groups excluding carboxylic acids is 1. The number of methoxy groups -OCH3 is 1. The van der Waals surface area contributed by atoms with Crippen molar-refractivity contribution in [2.75, 3.05) is 7.11 Å². The van der Waals surface area contributed by atoms with Crippen molar-refractivity contribution in [1.82, 2.24) is 0 Å². The molecule has 7 heteroatoms. The number of halogens is 3. The van der Waals surface area contributed by atoms with Crippen LogP contribution in [0.25, 0.3) is 0 Å². The lowest BCUT2D eigenvalue weighted by molar-refractivity contribution is -0.152. The van der Waals surface area contributed by atoms with Crippen LogP contribution in [0.4, 0.5) is 0 Å². The van der Waals surface area contributed by atoms with Crippen LogP contribution < -0.4 is 5.73 Å². The summed E-state index contributed by atoms with van der Waals surface area (Å²) in [4.78, 5) is 11.7. The molecule has 0 heterocycles. The van der Waals surface area contributed by atoms with Crippen molar-refractivity contribution >= 4 is 41.6 Å². The predicted molar refractivity (Wildman–Crippen MR) is 78.1 cm³/mol. The van der Waals surface area contributed by atoms with Crippen LogP contribution in [0.2, 0.25) is 10.0 Å². The molecule has 0 saturated heterocycles. The van der Waals surface area contributed by atoms with E-state index in [9.17, 15) is 9.90 Å². The topological polar surface area (TPSA) is 72.5 Å². The van der Waals surface area contributed by atoms with E-state index < -0.39 is 17.4 Å². The van der Waals surface area contributed by atoms with Crippen LogP contribution in [0, 0.1) is 5.41 Å². The SMILES string of the molecule is COC(=O)C(C)(C)[C@@H](N)c1ccc(Cl)c(Cl)c1O.Cl. The van der Waals surface area contributed by atoms with E-state index in [1.807, 2.05) is 0 Å². The molecule has 1 rings (SSSR count). The molecule has 4 nitrogen and oxygen atoms in total. The number of phenolic OH excluding ortho intramolecular Hbond substituents is 1. The Labute approximate surface area is 128 Å². The molecule has 0 saturated carbocycles. The van der Waals surface area contributed by atoms with E-state index >= 15 is 0 Å². The standard InChI is InChI=1S/C12H15Cl2NO3.ClH/c1-12(2,11(17)18-3)10(15)6-4-5-7(13)8(14)9(6)16;/h4-5,10,16H,15H2,1-3H3;1H/t10-;/m0./s1. The summed E-state index contributed by atoms with van der Waals surface area (Å²) in [5, 5.41) is 10.2. The summed E-state index contributed by atoms with van der Waals surface area (Å²) in [7, 11) is 1.28. The van der Waals surface area contributed by atoms with Crippen LogP contribution in [0.3, 0.4) is 0 Å². The minimum Gasteiger partial charge on any atom is -0.506 e. The van der Waals surface area contributed by atoms with Gasteiger partial charge in [0.1, 0.15) is 10.8 Å². The van der Waals surface area contributed by atoms with E-state index in [1.54, 1.807) is 19.9 Å². The molecule has 0 spiro atoms. The third kappa shape index (κ3) is 3.45. The van der Waals surface area contributed by atoms with Gasteiger partial charge in [0.15, 0.2) is 0 Å². The minimum atomic E-state index is -0.997. The zero-order chi connectivity index (χ0) is 14.1. The van der Waals surface area contributed by atoms with Gasteiger partial charge in [0.2, 0.25) is 0 Å². The van der Waals surface area contributed by atoms with Gasteiger partial charge in [-0.25, -0.2) is 0 Å². The summed E-state index contributed by atoms with van der Waals surface area (Å²) in [5.74, 6) is -0.686. The molecule has 19 heavy (non-hydrogen) atoms. The molecule has 0 aliphatic carbocycles. The molecule has 1 aromatic carbocycles. The maximum atomic E-state index is 11.7. The van der Waals surface area contributed by atoms with Crippen LogP contribution in [-0.2, 0) is 9.53 Å². The second kappa shape index (κ2) is 6.66. The highest BCUT2D eigenvalue weighted by atomic mass is 35.5. The molecule has 0 amide bonds. The molecular weight excluding hydrogens is 312 g/mol. The van der Waals surface area contributed by atoms with Crippen molar-refractivity contribution in [3.63, 3.8) is 0 Å².